The van der Waals surface area contributed by atoms with E-state index in [2.05, 4.69) is 15.6 Å². The number of benzene rings is 1. The van der Waals surface area contributed by atoms with Crippen molar-refractivity contribution in [3.05, 3.63) is 62.8 Å². The number of nitrogens with one attached hydrogen (secondary N) is 2. The molecule has 28 heavy (non-hydrogen) atoms. The maximum Gasteiger partial charge on any atom is 0.320 e. The lowest BCUT2D eigenvalue weighted by molar-refractivity contribution is -0.384. The summed E-state index contributed by atoms with van der Waals surface area (Å²) in [6.45, 7) is 0.260. The van der Waals surface area contributed by atoms with Gasteiger partial charge in [0.2, 0.25) is 0 Å². The minimum atomic E-state index is -0.627. The van der Waals surface area contributed by atoms with Crippen molar-refractivity contribution >= 4 is 41.0 Å². The third-order valence-electron chi connectivity index (χ3n) is 3.97. The summed E-state index contributed by atoms with van der Waals surface area (Å²) in [6, 6.07) is 6.10. The Morgan fingerprint density at radius 2 is 1.93 bits per heavy atom. The molecule has 1 aliphatic heterocycles. The second-order valence-corrected chi connectivity index (χ2v) is 6.28. The van der Waals surface area contributed by atoms with Crippen LogP contribution in [0.2, 0.25) is 5.02 Å². The van der Waals surface area contributed by atoms with E-state index < -0.39 is 22.8 Å². The van der Waals surface area contributed by atoms with E-state index in [0.717, 1.165) is 11.0 Å². The number of anilines is 1. The van der Waals surface area contributed by atoms with Crippen LogP contribution >= 0.6 is 11.6 Å². The van der Waals surface area contributed by atoms with E-state index in [-0.39, 0.29) is 35.7 Å². The molecular formula is C17H14ClN5O5. The van der Waals surface area contributed by atoms with Crippen LogP contribution in [-0.2, 0) is 0 Å². The molecule has 10 nitrogen and oxygen atoms in total. The number of carbonyl (C=O) groups excluding carboxylic acids is 3. The molecule has 0 fully saturated rings. The molecule has 0 saturated heterocycles. The van der Waals surface area contributed by atoms with Crippen molar-refractivity contribution < 1.29 is 19.3 Å². The Bertz CT molecular complexity index is 980. The number of halogens is 1. The number of hydrogen-bond donors (Lipinski definition) is 2. The molecule has 11 heteroatoms. The number of nitro benzene ring substituents is 1. The van der Waals surface area contributed by atoms with Crippen LogP contribution in [0.15, 0.2) is 36.5 Å². The van der Waals surface area contributed by atoms with E-state index in [1.807, 2.05) is 0 Å². The van der Waals surface area contributed by atoms with Gasteiger partial charge in [-0.3, -0.25) is 29.9 Å². The number of hydrogen-bond acceptors (Lipinski definition) is 6. The van der Waals surface area contributed by atoms with Gasteiger partial charge in [-0.15, -0.1) is 0 Å². The van der Waals surface area contributed by atoms with Crippen LogP contribution < -0.4 is 10.6 Å². The highest BCUT2D eigenvalue weighted by Gasteiger charge is 2.36. The molecule has 1 aromatic carbocycles. The molecule has 0 atom stereocenters. The molecule has 0 saturated carbocycles. The highest BCUT2D eigenvalue weighted by Crippen LogP contribution is 2.26. The zero-order valence-corrected chi connectivity index (χ0v) is 15.1. The fourth-order valence-electron chi connectivity index (χ4n) is 2.67. The van der Waals surface area contributed by atoms with Crippen LogP contribution in [-0.4, -0.2) is 45.7 Å². The molecule has 0 unspecified atom stereocenters. The summed E-state index contributed by atoms with van der Waals surface area (Å²) in [7, 11) is 0. The number of rotatable bonds is 6. The number of urea groups is 1. The molecule has 4 amide bonds. The standard InChI is InChI=1S/C17H14ClN5O5/c18-10-4-6-19-14(8-10)21-17(26)20-5-1-7-22-15(24)12-3-2-11(23(27)28)9-13(12)16(22)25/h2-4,6,8-9H,1,5,7H2,(H2,19,20,21,26). The number of non-ortho nitro benzene ring substituents is 1. The third-order valence-corrected chi connectivity index (χ3v) is 4.21. The first-order valence-corrected chi connectivity index (χ1v) is 8.55. The maximum absolute atomic E-state index is 12.3. The van der Waals surface area contributed by atoms with Gasteiger partial charge in [-0.1, -0.05) is 11.6 Å². The van der Waals surface area contributed by atoms with E-state index >= 15 is 0 Å². The molecule has 1 aromatic heterocycles. The Morgan fingerprint density at radius 1 is 1.18 bits per heavy atom. The summed E-state index contributed by atoms with van der Waals surface area (Å²) in [6.07, 6.45) is 1.76. The van der Waals surface area contributed by atoms with Gasteiger partial charge in [-0.05, 0) is 24.6 Å². The molecule has 3 rings (SSSR count). The monoisotopic (exact) mass is 403 g/mol. The lowest BCUT2D eigenvalue weighted by atomic mass is 10.1. The zero-order valence-electron chi connectivity index (χ0n) is 14.3. The summed E-state index contributed by atoms with van der Waals surface area (Å²) >= 11 is 5.80. The quantitative estimate of drug-likeness (QED) is 0.329. The lowest BCUT2D eigenvalue weighted by Crippen LogP contribution is -2.35. The fraction of sp³-hybridized carbons (Fsp3) is 0.176. The van der Waals surface area contributed by atoms with Crippen molar-refractivity contribution in [1.82, 2.24) is 15.2 Å². The van der Waals surface area contributed by atoms with Gasteiger partial charge in [-0.25, -0.2) is 9.78 Å². The van der Waals surface area contributed by atoms with E-state index in [1.54, 1.807) is 6.07 Å². The Hall–Kier alpha value is -3.53. The maximum atomic E-state index is 12.3. The molecule has 0 spiro atoms. The third kappa shape index (κ3) is 4.07. The number of nitro groups is 1. The average molecular weight is 404 g/mol. The van der Waals surface area contributed by atoms with Crippen LogP contribution in [0.25, 0.3) is 0 Å². The highest BCUT2D eigenvalue weighted by molar-refractivity contribution is 6.30. The van der Waals surface area contributed by atoms with Gasteiger partial charge in [-0.2, -0.15) is 0 Å². The van der Waals surface area contributed by atoms with Gasteiger partial charge >= 0.3 is 6.03 Å². The van der Waals surface area contributed by atoms with Gasteiger partial charge in [0.05, 0.1) is 16.1 Å². The summed E-state index contributed by atoms with van der Waals surface area (Å²) in [5, 5.41) is 16.3. The number of fused-ring (bicyclic) bond motifs is 1. The largest absolute Gasteiger partial charge is 0.338 e. The van der Waals surface area contributed by atoms with Crippen molar-refractivity contribution in [2.75, 3.05) is 18.4 Å². The Labute approximate surface area is 163 Å². The smallest absolute Gasteiger partial charge is 0.320 e. The fourth-order valence-corrected chi connectivity index (χ4v) is 2.83. The van der Waals surface area contributed by atoms with Gasteiger partial charge < -0.3 is 5.32 Å². The topological polar surface area (TPSA) is 135 Å². The average Bonchev–Trinajstić information content (AvgIpc) is 2.89. The van der Waals surface area contributed by atoms with Crippen molar-refractivity contribution in [3.8, 4) is 0 Å². The first-order valence-electron chi connectivity index (χ1n) is 8.18. The molecule has 2 heterocycles. The summed E-state index contributed by atoms with van der Waals surface area (Å²) in [4.78, 5) is 51.6. The van der Waals surface area contributed by atoms with Gasteiger partial charge in [0.15, 0.2) is 0 Å². The molecule has 0 aliphatic carbocycles. The van der Waals surface area contributed by atoms with Crippen LogP contribution in [0.3, 0.4) is 0 Å². The molecule has 144 valence electrons. The molecule has 2 N–H and O–H groups in total. The van der Waals surface area contributed by atoms with E-state index in [0.29, 0.717) is 11.4 Å². The summed E-state index contributed by atoms with van der Waals surface area (Å²) in [5.41, 5.74) is -0.111. The van der Waals surface area contributed by atoms with E-state index in [9.17, 15) is 24.5 Å². The van der Waals surface area contributed by atoms with Gasteiger partial charge in [0.25, 0.3) is 17.5 Å². The Morgan fingerprint density at radius 3 is 2.64 bits per heavy atom. The number of aromatic nitrogens is 1. The lowest BCUT2D eigenvalue weighted by Gasteiger charge is -2.14. The minimum absolute atomic E-state index is 0.0110. The summed E-state index contributed by atoms with van der Waals surface area (Å²) < 4.78 is 0. The van der Waals surface area contributed by atoms with Crippen molar-refractivity contribution in [3.63, 3.8) is 0 Å². The molecular weight excluding hydrogens is 390 g/mol. The number of imide groups is 1. The number of carbonyl (C=O) groups is 3. The molecule has 2 aromatic rings. The highest BCUT2D eigenvalue weighted by atomic mass is 35.5. The predicted molar refractivity (Wildman–Crippen MR) is 99.3 cm³/mol. The second kappa shape index (κ2) is 8.01. The SMILES string of the molecule is O=C(NCCCN1C(=O)c2ccc([N+](=O)[O-])cc2C1=O)Nc1cc(Cl)ccn1. The molecule has 0 bridgehead atoms. The predicted octanol–water partition coefficient (Wildman–Crippen LogP) is 2.45. The second-order valence-electron chi connectivity index (χ2n) is 5.84. The van der Waals surface area contributed by atoms with Crippen LogP contribution in [0, 0.1) is 10.1 Å². The number of nitrogens with zero attached hydrogens (tertiary/aromatic N) is 3. The summed E-state index contributed by atoms with van der Waals surface area (Å²) in [5.74, 6) is -0.814. The first-order chi connectivity index (χ1) is 13.4. The normalized spacial score (nSPS) is 12.7. The van der Waals surface area contributed by atoms with E-state index in [1.165, 1.54) is 24.4 Å². The zero-order chi connectivity index (χ0) is 20.3. The number of pyridine rings is 1. The van der Waals surface area contributed by atoms with Gasteiger partial charge in [0, 0.05) is 36.4 Å². The van der Waals surface area contributed by atoms with Crippen molar-refractivity contribution in [2.45, 2.75) is 6.42 Å². The van der Waals surface area contributed by atoms with Crippen LogP contribution in [0.1, 0.15) is 27.1 Å². The first kappa shape index (κ1) is 19.2. The Kier molecular flexibility index (Phi) is 5.50. The minimum Gasteiger partial charge on any atom is -0.338 e. The number of amides is 4. The van der Waals surface area contributed by atoms with Gasteiger partial charge in [0.1, 0.15) is 5.82 Å². The van der Waals surface area contributed by atoms with Crippen molar-refractivity contribution in [1.29, 1.82) is 0 Å². The van der Waals surface area contributed by atoms with Crippen LogP contribution in [0.5, 0.6) is 0 Å². The van der Waals surface area contributed by atoms with E-state index in [4.69, 9.17) is 11.6 Å². The molecule has 1 aliphatic rings. The molecule has 0 radical (unpaired) electrons. The van der Waals surface area contributed by atoms with Crippen molar-refractivity contribution in [2.24, 2.45) is 0 Å². The van der Waals surface area contributed by atoms with Crippen LogP contribution in [0.4, 0.5) is 16.3 Å². The Balaban J connectivity index is 1.51.